The van der Waals surface area contributed by atoms with Gasteiger partial charge in [0.1, 0.15) is 0 Å². The summed E-state index contributed by atoms with van der Waals surface area (Å²) in [7, 11) is 0. The number of alkyl halides is 3. The number of nitrogens with one attached hydrogen (secondary N) is 2. The predicted octanol–water partition coefficient (Wildman–Crippen LogP) is 2.84. The number of piperidine rings is 1. The highest BCUT2D eigenvalue weighted by Gasteiger charge is 2.53. The number of hydrogen-bond acceptors (Lipinski definition) is 2. The van der Waals surface area contributed by atoms with Gasteiger partial charge >= 0.3 is 6.18 Å². The smallest absolute Gasteiger partial charge is 0.349 e. The van der Waals surface area contributed by atoms with Crippen LogP contribution < -0.4 is 10.6 Å². The Hall–Kier alpha value is -0.790. The predicted molar refractivity (Wildman–Crippen MR) is 77.5 cm³/mol. The third kappa shape index (κ3) is 3.19. The lowest BCUT2D eigenvalue weighted by Crippen LogP contribution is -2.33. The molecule has 1 heterocycles. The van der Waals surface area contributed by atoms with Gasteiger partial charge < -0.3 is 10.6 Å². The summed E-state index contributed by atoms with van der Waals surface area (Å²) in [5, 5.41) is 5.88. The number of fused-ring (bicyclic) bond motifs is 1. The quantitative estimate of drug-likeness (QED) is 0.822. The molecular formula is C13H13BrClF3N2O. The summed E-state index contributed by atoms with van der Waals surface area (Å²) in [4.78, 5) is 12.1. The lowest BCUT2D eigenvalue weighted by molar-refractivity contribution is -0.138. The summed E-state index contributed by atoms with van der Waals surface area (Å²) in [5.74, 6) is 0.0803. The molecule has 1 aromatic rings. The van der Waals surface area contributed by atoms with Gasteiger partial charge in [0.2, 0.25) is 0 Å². The first kappa shape index (κ1) is 16.6. The van der Waals surface area contributed by atoms with Crippen LogP contribution in [0.25, 0.3) is 0 Å². The van der Waals surface area contributed by atoms with Gasteiger partial charge in [0.05, 0.1) is 11.1 Å². The topological polar surface area (TPSA) is 41.1 Å². The molecule has 21 heavy (non-hydrogen) atoms. The summed E-state index contributed by atoms with van der Waals surface area (Å²) in [6, 6.07) is 3.59. The molecule has 2 atom stereocenters. The Morgan fingerprint density at radius 1 is 1.29 bits per heavy atom. The van der Waals surface area contributed by atoms with E-state index in [9.17, 15) is 18.0 Å². The van der Waals surface area contributed by atoms with Gasteiger partial charge in [-0.3, -0.25) is 4.79 Å². The molecule has 2 fully saturated rings. The minimum Gasteiger partial charge on any atom is -0.349 e. The van der Waals surface area contributed by atoms with Crippen LogP contribution in [-0.4, -0.2) is 25.0 Å². The Balaban J connectivity index is 0.00000161. The first-order valence-corrected chi connectivity index (χ1v) is 7.05. The molecule has 0 spiro atoms. The monoisotopic (exact) mass is 384 g/mol. The first-order chi connectivity index (χ1) is 9.38. The molecule has 2 N–H and O–H groups in total. The van der Waals surface area contributed by atoms with Gasteiger partial charge in [-0.2, -0.15) is 13.2 Å². The fourth-order valence-electron chi connectivity index (χ4n) is 2.81. The minimum atomic E-state index is -4.54. The lowest BCUT2D eigenvalue weighted by atomic mass is 10.1. The number of rotatable bonds is 2. The molecule has 3 rings (SSSR count). The molecule has 3 nitrogen and oxygen atoms in total. The second-order valence-corrected chi connectivity index (χ2v) is 6.09. The maximum Gasteiger partial charge on any atom is 0.417 e. The molecule has 1 amide bonds. The number of halogens is 5. The zero-order valence-electron chi connectivity index (χ0n) is 10.7. The third-order valence-corrected chi connectivity index (χ3v) is 4.41. The Kier molecular flexibility index (Phi) is 4.56. The zero-order chi connectivity index (χ0) is 14.5. The fraction of sp³-hybridized carbons (Fsp3) is 0.462. The van der Waals surface area contributed by atoms with Gasteiger partial charge in [0, 0.05) is 23.6 Å². The Bertz CT molecular complexity index is 557. The summed E-state index contributed by atoms with van der Waals surface area (Å²) in [6.07, 6.45) is -4.54. The van der Waals surface area contributed by atoms with Crippen molar-refractivity contribution in [1.82, 2.24) is 10.6 Å². The van der Waals surface area contributed by atoms with Crippen LogP contribution in [0.3, 0.4) is 0 Å². The maximum atomic E-state index is 13.0. The van der Waals surface area contributed by atoms with Crippen LogP contribution in [-0.2, 0) is 6.18 Å². The van der Waals surface area contributed by atoms with Crippen molar-refractivity contribution in [3.8, 4) is 0 Å². The van der Waals surface area contributed by atoms with Crippen LogP contribution in [0, 0.1) is 11.8 Å². The molecule has 0 bridgehead atoms. The van der Waals surface area contributed by atoms with Crippen molar-refractivity contribution < 1.29 is 18.0 Å². The van der Waals surface area contributed by atoms with Gasteiger partial charge in [-0.05, 0) is 30.0 Å². The molecular weight excluding hydrogens is 373 g/mol. The van der Waals surface area contributed by atoms with E-state index < -0.39 is 17.6 Å². The van der Waals surface area contributed by atoms with Crippen LogP contribution in [0.15, 0.2) is 22.7 Å². The lowest BCUT2D eigenvalue weighted by Gasteiger charge is -2.14. The number of carbonyl (C=O) groups is 1. The molecule has 0 radical (unpaired) electrons. The van der Waals surface area contributed by atoms with Gasteiger partial charge in [-0.25, -0.2) is 0 Å². The number of hydrogen-bond donors (Lipinski definition) is 2. The van der Waals surface area contributed by atoms with Gasteiger partial charge in [0.15, 0.2) is 0 Å². The second kappa shape index (κ2) is 5.78. The summed E-state index contributed by atoms with van der Waals surface area (Å²) in [5.41, 5.74) is -1.23. The van der Waals surface area contributed by atoms with Crippen LogP contribution >= 0.6 is 28.3 Å². The highest BCUT2D eigenvalue weighted by molar-refractivity contribution is 9.10. The first-order valence-electron chi connectivity index (χ1n) is 6.26. The van der Waals surface area contributed by atoms with Crippen LogP contribution in [0.5, 0.6) is 0 Å². The van der Waals surface area contributed by atoms with Crippen molar-refractivity contribution in [3.05, 3.63) is 33.8 Å². The number of carbonyl (C=O) groups excluding carboxylic acids is 1. The Morgan fingerprint density at radius 2 is 1.90 bits per heavy atom. The van der Waals surface area contributed by atoms with Crippen molar-refractivity contribution in [2.75, 3.05) is 13.1 Å². The SMILES string of the molecule is Cl.O=C(NC1C2CNCC21)c1ccc(Br)cc1C(F)(F)F. The minimum absolute atomic E-state index is 0. The fourth-order valence-corrected chi connectivity index (χ4v) is 3.17. The van der Waals surface area contributed by atoms with Gasteiger partial charge in [-0.15, -0.1) is 12.4 Å². The van der Waals surface area contributed by atoms with Crippen LogP contribution in [0.1, 0.15) is 15.9 Å². The van der Waals surface area contributed by atoms with E-state index in [2.05, 4.69) is 26.6 Å². The van der Waals surface area contributed by atoms with E-state index in [0.29, 0.717) is 16.3 Å². The molecule has 1 aliphatic carbocycles. The van der Waals surface area contributed by atoms with Crippen molar-refractivity contribution in [1.29, 1.82) is 0 Å². The van der Waals surface area contributed by atoms with Crippen molar-refractivity contribution in [2.24, 2.45) is 11.8 Å². The van der Waals surface area contributed by atoms with E-state index >= 15 is 0 Å². The molecule has 8 heteroatoms. The summed E-state index contributed by atoms with van der Waals surface area (Å²) >= 11 is 3.00. The van der Waals surface area contributed by atoms with Gasteiger partial charge in [-0.1, -0.05) is 15.9 Å². The molecule has 0 aromatic heterocycles. The summed E-state index contributed by atoms with van der Waals surface area (Å²) in [6.45, 7) is 1.64. The molecule has 1 aromatic carbocycles. The standard InChI is InChI=1S/C13H12BrF3N2O.ClH/c14-6-1-2-7(10(3-6)13(15,16)17)12(20)19-11-8-4-18-5-9(8)11;/h1-3,8-9,11,18H,4-5H2,(H,19,20);1H. The normalized spacial score (nSPS) is 26.8. The zero-order valence-corrected chi connectivity index (χ0v) is 13.1. The van der Waals surface area contributed by atoms with E-state index in [1.165, 1.54) is 12.1 Å². The molecule has 2 unspecified atom stereocenters. The highest BCUT2D eigenvalue weighted by atomic mass is 79.9. The molecule has 1 saturated carbocycles. The molecule has 1 aliphatic heterocycles. The summed E-state index contributed by atoms with van der Waals surface area (Å²) < 4.78 is 39.2. The average Bonchev–Trinajstić information content (AvgIpc) is 2.82. The number of benzene rings is 1. The van der Waals surface area contributed by atoms with Gasteiger partial charge in [0.25, 0.3) is 5.91 Å². The van der Waals surface area contributed by atoms with Crippen LogP contribution in [0.4, 0.5) is 13.2 Å². The Morgan fingerprint density at radius 3 is 2.48 bits per heavy atom. The average molecular weight is 386 g/mol. The van der Waals surface area contributed by atoms with Crippen molar-refractivity contribution >= 4 is 34.2 Å². The van der Waals surface area contributed by atoms with Crippen LogP contribution in [0.2, 0.25) is 0 Å². The van der Waals surface area contributed by atoms with Crippen molar-refractivity contribution in [3.63, 3.8) is 0 Å². The van der Waals surface area contributed by atoms with Crippen molar-refractivity contribution in [2.45, 2.75) is 12.2 Å². The second-order valence-electron chi connectivity index (χ2n) is 5.17. The van der Waals surface area contributed by atoms with E-state index in [0.717, 1.165) is 19.2 Å². The van der Waals surface area contributed by atoms with E-state index in [-0.39, 0.29) is 24.0 Å². The third-order valence-electron chi connectivity index (χ3n) is 3.92. The molecule has 2 aliphatic rings. The van der Waals surface area contributed by atoms with E-state index in [4.69, 9.17) is 0 Å². The van der Waals surface area contributed by atoms with E-state index in [1.807, 2.05) is 0 Å². The largest absolute Gasteiger partial charge is 0.417 e. The molecule has 1 saturated heterocycles. The Labute approximate surface area is 134 Å². The van der Waals surface area contributed by atoms with E-state index in [1.54, 1.807) is 0 Å². The highest BCUT2D eigenvalue weighted by Crippen LogP contribution is 2.42. The number of amides is 1. The molecule has 116 valence electrons. The maximum absolute atomic E-state index is 13.0.